The van der Waals surface area contributed by atoms with Crippen LogP contribution in [0.1, 0.15) is 12.7 Å². The molecular formula is C17H11Cl2NO4S2. The Morgan fingerprint density at radius 1 is 1.35 bits per heavy atom. The molecule has 3 rings (SSSR count). The average Bonchev–Trinajstić information content (AvgIpc) is 3.12. The standard InChI is InChI=1S/C17H11Cl2NO4S2/c1-8(16(22)23)20-15(21)14(26-17(20)25)7-10-3-5-13(24-10)11-4-2-9(18)6-12(11)19/h2-8H,1H3,(H,22,23)/b14-7+/t8-/m1/s1. The molecule has 2 aromatic rings. The first-order chi connectivity index (χ1) is 12.3. The molecule has 1 aromatic carbocycles. The second-order valence-corrected chi connectivity index (χ2v) is 7.91. The number of carboxylic acid groups (broad SMARTS) is 1. The molecule has 0 bridgehead atoms. The number of amides is 1. The number of nitrogens with zero attached hydrogens (tertiary/aromatic N) is 1. The van der Waals surface area contributed by atoms with Gasteiger partial charge >= 0.3 is 5.97 Å². The van der Waals surface area contributed by atoms with Gasteiger partial charge < -0.3 is 9.52 Å². The van der Waals surface area contributed by atoms with Crippen molar-refractivity contribution in [2.45, 2.75) is 13.0 Å². The van der Waals surface area contributed by atoms with Gasteiger partial charge in [0.05, 0.1) is 9.93 Å². The number of benzene rings is 1. The first-order valence-electron chi connectivity index (χ1n) is 7.33. The van der Waals surface area contributed by atoms with Gasteiger partial charge in [0.2, 0.25) is 0 Å². The summed E-state index contributed by atoms with van der Waals surface area (Å²) in [5, 5.41) is 10.1. The van der Waals surface area contributed by atoms with Crippen LogP contribution in [0, 0.1) is 0 Å². The summed E-state index contributed by atoms with van der Waals surface area (Å²) in [6, 6.07) is 7.42. The van der Waals surface area contributed by atoms with Crippen LogP contribution in [-0.4, -0.2) is 32.2 Å². The van der Waals surface area contributed by atoms with Gasteiger partial charge in [0.15, 0.2) is 0 Å². The minimum atomic E-state index is -1.12. The molecular weight excluding hydrogens is 417 g/mol. The summed E-state index contributed by atoms with van der Waals surface area (Å²) >= 11 is 18.2. The summed E-state index contributed by atoms with van der Waals surface area (Å²) in [7, 11) is 0. The lowest BCUT2D eigenvalue weighted by Crippen LogP contribution is -2.41. The van der Waals surface area contributed by atoms with Gasteiger partial charge in [-0.15, -0.1) is 0 Å². The number of furan rings is 1. The van der Waals surface area contributed by atoms with Crippen LogP contribution in [0.25, 0.3) is 17.4 Å². The van der Waals surface area contributed by atoms with Gasteiger partial charge in [0.25, 0.3) is 5.91 Å². The van der Waals surface area contributed by atoms with Crippen LogP contribution >= 0.6 is 47.2 Å². The van der Waals surface area contributed by atoms with Crippen LogP contribution in [0.3, 0.4) is 0 Å². The summed E-state index contributed by atoms with van der Waals surface area (Å²) in [4.78, 5) is 25.0. The van der Waals surface area contributed by atoms with Crippen molar-refractivity contribution in [1.29, 1.82) is 0 Å². The van der Waals surface area contributed by atoms with E-state index in [0.717, 1.165) is 16.7 Å². The van der Waals surface area contributed by atoms with E-state index >= 15 is 0 Å². The lowest BCUT2D eigenvalue weighted by molar-refractivity contribution is -0.144. The number of carbonyl (C=O) groups excluding carboxylic acids is 1. The molecule has 26 heavy (non-hydrogen) atoms. The first-order valence-corrected chi connectivity index (χ1v) is 9.31. The van der Waals surface area contributed by atoms with Crippen molar-refractivity contribution in [2.75, 3.05) is 0 Å². The normalized spacial score (nSPS) is 17.2. The van der Waals surface area contributed by atoms with Crippen molar-refractivity contribution in [3.05, 3.63) is 51.0 Å². The highest BCUT2D eigenvalue weighted by molar-refractivity contribution is 8.26. The Kier molecular flexibility index (Phi) is 5.43. The molecule has 2 heterocycles. The number of halogens is 2. The Morgan fingerprint density at radius 3 is 2.73 bits per heavy atom. The molecule has 1 fully saturated rings. The van der Waals surface area contributed by atoms with E-state index in [9.17, 15) is 9.59 Å². The third kappa shape index (κ3) is 3.66. The molecule has 9 heteroatoms. The van der Waals surface area contributed by atoms with E-state index in [0.29, 0.717) is 32.0 Å². The molecule has 1 amide bonds. The number of aliphatic carboxylic acids is 1. The lowest BCUT2D eigenvalue weighted by atomic mass is 10.2. The minimum Gasteiger partial charge on any atom is -0.480 e. The molecule has 1 aliphatic heterocycles. The van der Waals surface area contributed by atoms with E-state index in [-0.39, 0.29) is 4.32 Å². The smallest absolute Gasteiger partial charge is 0.326 e. The summed E-state index contributed by atoms with van der Waals surface area (Å²) in [6.45, 7) is 1.41. The van der Waals surface area contributed by atoms with Gasteiger partial charge in [-0.05, 0) is 37.3 Å². The third-order valence-electron chi connectivity index (χ3n) is 3.66. The van der Waals surface area contributed by atoms with Gasteiger partial charge in [-0.2, -0.15) is 0 Å². The molecule has 0 spiro atoms. The summed E-state index contributed by atoms with van der Waals surface area (Å²) in [6.07, 6.45) is 1.53. The lowest BCUT2D eigenvalue weighted by Gasteiger charge is -2.18. The Bertz CT molecular complexity index is 954. The SMILES string of the molecule is C[C@H](C(=O)O)N1C(=O)/C(=C\c2ccc(-c3ccc(Cl)cc3Cl)o2)SC1=S. The Labute approximate surface area is 168 Å². The fourth-order valence-corrected chi connectivity index (χ4v) is 4.22. The third-order valence-corrected chi connectivity index (χ3v) is 5.54. The Balaban J connectivity index is 1.88. The molecule has 1 aromatic heterocycles. The van der Waals surface area contributed by atoms with Crippen molar-refractivity contribution < 1.29 is 19.1 Å². The van der Waals surface area contributed by atoms with E-state index in [2.05, 4.69) is 0 Å². The number of rotatable bonds is 4. The number of thioether (sulfide) groups is 1. The number of hydrogen-bond acceptors (Lipinski definition) is 5. The van der Waals surface area contributed by atoms with E-state index in [4.69, 9.17) is 44.9 Å². The highest BCUT2D eigenvalue weighted by Crippen LogP contribution is 2.36. The topological polar surface area (TPSA) is 70.8 Å². The average molecular weight is 428 g/mol. The molecule has 0 radical (unpaired) electrons. The molecule has 5 nitrogen and oxygen atoms in total. The molecule has 0 aliphatic carbocycles. The van der Waals surface area contributed by atoms with Crippen molar-refractivity contribution in [3.63, 3.8) is 0 Å². The Morgan fingerprint density at radius 2 is 2.08 bits per heavy atom. The molecule has 0 saturated carbocycles. The number of thiocarbonyl (C=S) groups is 1. The molecule has 0 unspecified atom stereocenters. The van der Waals surface area contributed by atoms with Crippen LogP contribution in [0.2, 0.25) is 10.0 Å². The zero-order valence-electron chi connectivity index (χ0n) is 13.2. The van der Waals surface area contributed by atoms with Gasteiger partial charge in [-0.25, -0.2) is 4.79 Å². The van der Waals surface area contributed by atoms with Gasteiger partial charge in [0, 0.05) is 16.7 Å². The van der Waals surface area contributed by atoms with Crippen LogP contribution in [0.5, 0.6) is 0 Å². The zero-order valence-corrected chi connectivity index (χ0v) is 16.4. The van der Waals surface area contributed by atoms with Crippen LogP contribution < -0.4 is 0 Å². The molecule has 1 saturated heterocycles. The molecule has 1 N–H and O–H groups in total. The largest absolute Gasteiger partial charge is 0.480 e. The second kappa shape index (κ2) is 7.44. The molecule has 1 aliphatic rings. The second-order valence-electron chi connectivity index (χ2n) is 5.39. The molecule has 134 valence electrons. The minimum absolute atomic E-state index is 0.198. The van der Waals surface area contributed by atoms with Crippen molar-refractivity contribution in [2.24, 2.45) is 0 Å². The van der Waals surface area contributed by atoms with Gasteiger partial charge in [-0.1, -0.05) is 47.2 Å². The quantitative estimate of drug-likeness (QED) is 0.550. The molecule has 1 atom stereocenters. The van der Waals surface area contributed by atoms with Crippen LogP contribution in [-0.2, 0) is 9.59 Å². The van der Waals surface area contributed by atoms with Gasteiger partial charge in [0.1, 0.15) is 21.9 Å². The maximum absolute atomic E-state index is 12.4. The fourth-order valence-electron chi connectivity index (χ4n) is 2.32. The fraction of sp³-hybridized carbons (Fsp3) is 0.118. The number of hydrogen-bond donors (Lipinski definition) is 1. The maximum Gasteiger partial charge on any atom is 0.326 e. The van der Waals surface area contributed by atoms with Crippen LogP contribution in [0.4, 0.5) is 0 Å². The zero-order chi connectivity index (χ0) is 19.0. The predicted octanol–water partition coefficient (Wildman–Crippen LogP) is 4.93. The highest BCUT2D eigenvalue weighted by atomic mass is 35.5. The van der Waals surface area contributed by atoms with E-state index in [1.54, 1.807) is 30.3 Å². The van der Waals surface area contributed by atoms with E-state index in [1.165, 1.54) is 13.0 Å². The maximum atomic E-state index is 12.4. The van der Waals surface area contributed by atoms with E-state index < -0.39 is 17.9 Å². The first kappa shape index (κ1) is 19.0. The number of carbonyl (C=O) groups is 2. The summed E-state index contributed by atoms with van der Waals surface area (Å²) in [5.41, 5.74) is 0.669. The van der Waals surface area contributed by atoms with Crippen LogP contribution in [0.15, 0.2) is 39.7 Å². The van der Waals surface area contributed by atoms with E-state index in [1.807, 2.05) is 0 Å². The van der Waals surface area contributed by atoms with Crippen molar-refractivity contribution in [1.82, 2.24) is 4.90 Å². The summed E-state index contributed by atoms with van der Waals surface area (Å²) < 4.78 is 5.93. The monoisotopic (exact) mass is 427 g/mol. The predicted molar refractivity (Wildman–Crippen MR) is 106 cm³/mol. The number of carboxylic acids is 1. The highest BCUT2D eigenvalue weighted by Gasteiger charge is 2.38. The van der Waals surface area contributed by atoms with Gasteiger partial charge in [-0.3, -0.25) is 9.69 Å². The summed E-state index contributed by atoms with van der Waals surface area (Å²) in [5.74, 6) is -0.639. The van der Waals surface area contributed by atoms with Crippen molar-refractivity contribution in [3.8, 4) is 11.3 Å². The Hall–Kier alpha value is -1.80. The van der Waals surface area contributed by atoms with Crippen molar-refractivity contribution >= 4 is 69.5 Å².